The van der Waals surface area contributed by atoms with Crippen LogP contribution in [0.15, 0.2) is 0 Å². The van der Waals surface area contributed by atoms with E-state index in [0.717, 1.165) is 25.7 Å². The first-order valence-corrected chi connectivity index (χ1v) is 6.95. The van der Waals surface area contributed by atoms with Gasteiger partial charge in [0.2, 0.25) is 5.91 Å². The van der Waals surface area contributed by atoms with Gasteiger partial charge in [-0.3, -0.25) is 4.79 Å². The second-order valence-corrected chi connectivity index (χ2v) is 6.22. The van der Waals surface area contributed by atoms with Crippen molar-refractivity contribution >= 4 is 15.7 Å². The minimum absolute atomic E-state index is 0.0423. The van der Waals surface area contributed by atoms with Crippen LogP contribution >= 0.6 is 0 Å². The summed E-state index contributed by atoms with van der Waals surface area (Å²) in [5.41, 5.74) is 0. The molecule has 15 heavy (non-hydrogen) atoms. The van der Waals surface area contributed by atoms with Gasteiger partial charge in [0.25, 0.3) is 0 Å². The summed E-state index contributed by atoms with van der Waals surface area (Å²) in [6.45, 7) is 2.51. The van der Waals surface area contributed by atoms with Gasteiger partial charge in [0.15, 0.2) is 9.84 Å². The quantitative estimate of drug-likeness (QED) is 0.727. The molecule has 1 amide bonds. The highest BCUT2D eigenvalue weighted by Crippen LogP contribution is 2.10. The standard InChI is InChI=1S/C9H17NO4S/c1-7(15(2,12)13)9(11)10-6-8-4-3-5-14-8/h7-8H,3-6H2,1-2H3,(H,10,11). The van der Waals surface area contributed by atoms with E-state index in [1.807, 2.05) is 0 Å². The van der Waals surface area contributed by atoms with Crippen LogP contribution in [0.5, 0.6) is 0 Å². The molecule has 0 saturated carbocycles. The third kappa shape index (κ3) is 3.79. The molecular weight excluding hydrogens is 218 g/mol. The molecule has 1 aliphatic rings. The van der Waals surface area contributed by atoms with Gasteiger partial charge in [-0.15, -0.1) is 0 Å². The molecule has 0 radical (unpaired) electrons. The third-order valence-corrected chi connectivity index (χ3v) is 4.04. The fourth-order valence-electron chi connectivity index (χ4n) is 1.36. The number of hydrogen-bond acceptors (Lipinski definition) is 4. The van der Waals surface area contributed by atoms with Gasteiger partial charge in [0, 0.05) is 19.4 Å². The van der Waals surface area contributed by atoms with Gasteiger partial charge in [0.05, 0.1) is 6.10 Å². The number of nitrogens with one attached hydrogen (secondary N) is 1. The van der Waals surface area contributed by atoms with Gasteiger partial charge in [-0.1, -0.05) is 0 Å². The molecule has 2 unspecified atom stereocenters. The predicted molar refractivity (Wildman–Crippen MR) is 56.3 cm³/mol. The van der Waals surface area contributed by atoms with Crippen LogP contribution in [0, 0.1) is 0 Å². The number of rotatable bonds is 4. The largest absolute Gasteiger partial charge is 0.376 e. The Hall–Kier alpha value is -0.620. The molecule has 0 spiro atoms. The smallest absolute Gasteiger partial charge is 0.238 e. The number of ether oxygens (including phenoxy) is 1. The molecule has 0 aromatic carbocycles. The maximum absolute atomic E-state index is 11.4. The van der Waals surface area contributed by atoms with E-state index in [1.54, 1.807) is 0 Å². The average molecular weight is 235 g/mol. The Morgan fingerprint density at radius 3 is 2.73 bits per heavy atom. The molecule has 0 aromatic heterocycles. The highest BCUT2D eigenvalue weighted by molar-refractivity contribution is 7.92. The fraction of sp³-hybridized carbons (Fsp3) is 0.889. The van der Waals surface area contributed by atoms with Gasteiger partial charge in [-0.25, -0.2) is 8.42 Å². The van der Waals surface area contributed by atoms with Crippen LogP contribution in [0.2, 0.25) is 0 Å². The Bertz CT molecular complexity index is 319. The maximum atomic E-state index is 11.4. The molecule has 5 nitrogen and oxygen atoms in total. The molecule has 0 aromatic rings. The molecule has 0 aliphatic carbocycles. The van der Waals surface area contributed by atoms with E-state index >= 15 is 0 Å². The summed E-state index contributed by atoms with van der Waals surface area (Å²) in [6, 6.07) is 0. The zero-order valence-corrected chi connectivity index (χ0v) is 9.84. The average Bonchev–Trinajstić information content (AvgIpc) is 2.63. The first-order chi connectivity index (χ1) is 6.91. The van der Waals surface area contributed by atoms with Crippen LogP contribution in [0.25, 0.3) is 0 Å². The van der Waals surface area contributed by atoms with Crippen LogP contribution in [0.4, 0.5) is 0 Å². The van der Waals surface area contributed by atoms with E-state index in [1.165, 1.54) is 6.92 Å². The molecular formula is C9H17NO4S. The number of carbonyl (C=O) groups is 1. The summed E-state index contributed by atoms with van der Waals surface area (Å²) in [7, 11) is -3.30. The van der Waals surface area contributed by atoms with Crippen LogP contribution in [0.1, 0.15) is 19.8 Å². The molecule has 1 heterocycles. The molecule has 1 rings (SSSR count). The van der Waals surface area contributed by atoms with Crippen molar-refractivity contribution in [3.63, 3.8) is 0 Å². The van der Waals surface area contributed by atoms with E-state index in [4.69, 9.17) is 4.74 Å². The first-order valence-electron chi connectivity index (χ1n) is 4.99. The lowest BCUT2D eigenvalue weighted by Crippen LogP contribution is -2.40. The Balaban J connectivity index is 2.35. The van der Waals surface area contributed by atoms with Crippen LogP contribution in [-0.4, -0.2) is 45.1 Å². The van der Waals surface area contributed by atoms with Gasteiger partial charge in [0.1, 0.15) is 5.25 Å². The summed E-state index contributed by atoms with van der Waals surface area (Å²) < 4.78 is 27.5. The predicted octanol–water partition coefficient (Wildman–Crippen LogP) is -0.285. The van der Waals surface area contributed by atoms with Crippen LogP contribution in [-0.2, 0) is 19.4 Å². The zero-order chi connectivity index (χ0) is 11.5. The van der Waals surface area contributed by atoms with Crippen molar-refractivity contribution in [3.8, 4) is 0 Å². The van der Waals surface area contributed by atoms with E-state index in [9.17, 15) is 13.2 Å². The number of amides is 1. The van der Waals surface area contributed by atoms with Crippen LogP contribution in [0.3, 0.4) is 0 Å². The first kappa shape index (κ1) is 12.4. The van der Waals surface area contributed by atoms with Gasteiger partial charge in [-0.2, -0.15) is 0 Å². The SMILES string of the molecule is CC(C(=O)NCC1CCCO1)S(C)(=O)=O. The third-order valence-electron chi connectivity index (χ3n) is 2.54. The highest BCUT2D eigenvalue weighted by atomic mass is 32.2. The summed E-state index contributed by atoms with van der Waals surface area (Å²) in [5, 5.41) is 1.60. The molecule has 2 atom stereocenters. The number of carbonyl (C=O) groups excluding carboxylic acids is 1. The Labute approximate surface area is 90.1 Å². The van der Waals surface area contributed by atoms with Crippen LogP contribution < -0.4 is 5.32 Å². The number of sulfone groups is 1. The Morgan fingerprint density at radius 2 is 2.27 bits per heavy atom. The van der Waals surface area contributed by atoms with Crippen molar-refractivity contribution in [2.75, 3.05) is 19.4 Å². The van der Waals surface area contributed by atoms with Crippen molar-refractivity contribution in [2.24, 2.45) is 0 Å². The second kappa shape index (κ2) is 4.94. The highest BCUT2D eigenvalue weighted by Gasteiger charge is 2.24. The molecule has 6 heteroatoms. The molecule has 88 valence electrons. The van der Waals surface area contributed by atoms with E-state index < -0.39 is 21.0 Å². The fourth-order valence-corrected chi connectivity index (χ4v) is 1.83. The lowest BCUT2D eigenvalue weighted by molar-refractivity contribution is -0.120. The van der Waals surface area contributed by atoms with Crippen molar-refractivity contribution in [1.82, 2.24) is 5.32 Å². The van der Waals surface area contributed by atoms with Crippen molar-refractivity contribution in [2.45, 2.75) is 31.1 Å². The molecule has 1 aliphatic heterocycles. The zero-order valence-electron chi connectivity index (χ0n) is 9.02. The summed E-state index contributed by atoms with van der Waals surface area (Å²) in [6.07, 6.45) is 3.03. The number of hydrogen-bond donors (Lipinski definition) is 1. The lowest BCUT2D eigenvalue weighted by Gasteiger charge is -2.13. The van der Waals surface area contributed by atoms with Gasteiger partial charge < -0.3 is 10.1 Å². The summed E-state index contributed by atoms with van der Waals surface area (Å²) >= 11 is 0. The summed E-state index contributed by atoms with van der Waals surface area (Å²) in [5.74, 6) is -0.451. The molecule has 0 bridgehead atoms. The van der Waals surface area contributed by atoms with Crippen molar-refractivity contribution < 1.29 is 17.9 Å². The van der Waals surface area contributed by atoms with Gasteiger partial charge in [-0.05, 0) is 19.8 Å². The summed E-state index contributed by atoms with van der Waals surface area (Å²) in [4.78, 5) is 11.4. The van der Waals surface area contributed by atoms with Crippen molar-refractivity contribution in [1.29, 1.82) is 0 Å². The van der Waals surface area contributed by atoms with Gasteiger partial charge >= 0.3 is 0 Å². The topological polar surface area (TPSA) is 72.5 Å². The monoisotopic (exact) mass is 235 g/mol. The minimum Gasteiger partial charge on any atom is -0.376 e. The molecule has 1 fully saturated rings. The van der Waals surface area contributed by atoms with Crippen molar-refractivity contribution in [3.05, 3.63) is 0 Å². The minimum atomic E-state index is -3.30. The lowest BCUT2D eigenvalue weighted by atomic mass is 10.2. The second-order valence-electron chi connectivity index (χ2n) is 3.85. The van der Waals surface area contributed by atoms with E-state index in [2.05, 4.69) is 5.32 Å². The molecule has 1 saturated heterocycles. The molecule has 1 N–H and O–H groups in total. The Morgan fingerprint density at radius 1 is 1.60 bits per heavy atom. The van der Waals surface area contributed by atoms with E-state index in [0.29, 0.717) is 6.54 Å². The maximum Gasteiger partial charge on any atom is 0.238 e. The van der Waals surface area contributed by atoms with E-state index in [-0.39, 0.29) is 6.10 Å². The normalized spacial score (nSPS) is 23.7. The Kier molecular flexibility index (Phi) is 4.10.